The van der Waals surface area contributed by atoms with Crippen molar-refractivity contribution in [3.8, 4) is 0 Å². The predicted molar refractivity (Wildman–Crippen MR) is 74.1 cm³/mol. The summed E-state index contributed by atoms with van der Waals surface area (Å²) in [6, 6.07) is 0. The molecule has 0 aromatic carbocycles. The summed E-state index contributed by atoms with van der Waals surface area (Å²) in [7, 11) is 0. The molecule has 20 heavy (non-hydrogen) atoms. The van der Waals surface area contributed by atoms with E-state index in [0.717, 1.165) is 6.42 Å². The van der Waals surface area contributed by atoms with E-state index in [1.807, 2.05) is 0 Å². The van der Waals surface area contributed by atoms with Crippen molar-refractivity contribution in [1.82, 2.24) is 9.80 Å². The van der Waals surface area contributed by atoms with Gasteiger partial charge in [-0.15, -0.1) is 0 Å². The highest BCUT2D eigenvalue weighted by Gasteiger charge is 2.40. The van der Waals surface area contributed by atoms with Gasteiger partial charge < -0.3 is 14.9 Å². The maximum Gasteiger partial charge on any atom is 0.329 e. The van der Waals surface area contributed by atoms with Gasteiger partial charge in [0.05, 0.1) is 5.92 Å². The summed E-state index contributed by atoms with van der Waals surface area (Å²) in [6.45, 7) is 7.73. The second-order valence-electron chi connectivity index (χ2n) is 5.75. The first kappa shape index (κ1) is 16.5. The molecule has 1 unspecified atom stereocenters. The third-order valence-corrected chi connectivity index (χ3v) is 4.00. The number of amides is 2. The molecule has 0 spiro atoms. The highest BCUT2D eigenvalue weighted by atomic mass is 16.4. The van der Waals surface area contributed by atoms with Crippen molar-refractivity contribution >= 4 is 17.8 Å². The zero-order chi connectivity index (χ0) is 15.5. The van der Waals surface area contributed by atoms with Crippen LogP contribution >= 0.6 is 0 Å². The minimum Gasteiger partial charge on any atom is -0.480 e. The molecule has 0 radical (unpaired) electrons. The van der Waals surface area contributed by atoms with E-state index in [9.17, 15) is 19.5 Å². The largest absolute Gasteiger partial charge is 0.480 e. The van der Waals surface area contributed by atoms with Crippen molar-refractivity contribution < 1.29 is 19.5 Å². The number of aliphatic carboxylic acids is 1. The second kappa shape index (κ2) is 6.24. The van der Waals surface area contributed by atoms with Gasteiger partial charge in [0.15, 0.2) is 0 Å². The lowest BCUT2D eigenvalue weighted by Gasteiger charge is -2.39. The van der Waals surface area contributed by atoms with E-state index in [2.05, 4.69) is 0 Å². The maximum absolute atomic E-state index is 12.6. The molecule has 6 heteroatoms. The summed E-state index contributed by atoms with van der Waals surface area (Å²) >= 11 is 0. The lowest BCUT2D eigenvalue weighted by Crippen LogP contribution is -2.56. The van der Waals surface area contributed by atoms with Crippen LogP contribution < -0.4 is 0 Å². The zero-order valence-corrected chi connectivity index (χ0v) is 12.7. The van der Waals surface area contributed by atoms with Crippen LogP contribution in [0.5, 0.6) is 0 Å². The molecule has 0 aromatic rings. The number of nitrogens with zero attached hydrogens (tertiary/aromatic N) is 2. The number of piperidine rings is 1. The Morgan fingerprint density at radius 3 is 2.40 bits per heavy atom. The van der Waals surface area contributed by atoms with E-state index < -0.39 is 11.5 Å². The van der Waals surface area contributed by atoms with E-state index in [-0.39, 0.29) is 17.7 Å². The summed E-state index contributed by atoms with van der Waals surface area (Å²) in [4.78, 5) is 38.4. The second-order valence-corrected chi connectivity index (χ2v) is 5.75. The Morgan fingerprint density at radius 1 is 1.35 bits per heavy atom. The van der Waals surface area contributed by atoms with E-state index in [4.69, 9.17) is 0 Å². The first-order valence-electron chi connectivity index (χ1n) is 7.02. The molecule has 0 aliphatic carbocycles. The van der Waals surface area contributed by atoms with Crippen molar-refractivity contribution in [3.63, 3.8) is 0 Å². The molecule has 1 fully saturated rings. The zero-order valence-electron chi connectivity index (χ0n) is 12.7. The number of likely N-dealkylation sites (N-methyl/N-ethyl adjacent to an activating group) is 1. The monoisotopic (exact) mass is 284 g/mol. The molecule has 0 aromatic heterocycles. The third-order valence-electron chi connectivity index (χ3n) is 4.00. The predicted octanol–water partition coefficient (Wildman–Crippen LogP) is 0.957. The number of carbonyl (C=O) groups is 3. The average Bonchev–Trinajstić information content (AvgIpc) is 2.39. The van der Waals surface area contributed by atoms with Gasteiger partial charge in [-0.2, -0.15) is 0 Å². The molecule has 1 aliphatic rings. The van der Waals surface area contributed by atoms with Crippen LogP contribution in [0.1, 0.15) is 40.5 Å². The number of hydrogen-bond acceptors (Lipinski definition) is 3. The van der Waals surface area contributed by atoms with Gasteiger partial charge >= 0.3 is 5.97 Å². The molecule has 114 valence electrons. The molecule has 2 amide bonds. The minimum atomic E-state index is -1.23. The molecular weight excluding hydrogens is 260 g/mol. The van der Waals surface area contributed by atoms with Gasteiger partial charge in [-0.25, -0.2) is 4.79 Å². The number of carbonyl (C=O) groups excluding carboxylic acids is 2. The van der Waals surface area contributed by atoms with Crippen LogP contribution in [0, 0.1) is 5.92 Å². The Kier molecular flexibility index (Phi) is 5.14. The van der Waals surface area contributed by atoms with Crippen LogP contribution in [0.3, 0.4) is 0 Å². The highest BCUT2D eigenvalue weighted by molar-refractivity contribution is 5.88. The normalized spacial score (nSPS) is 19.6. The van der Waals surface area contributed by atoms with E-state index in [1.165, 1.54) is 25.7 Å². The van der Waals surface area contributed by atoms with Crippen LogP contribution in [0.25, 0.3) is 0 Å². The van der Waals surface area contributed by atoms with Crippen LogP contribution in [0.2, 0.25) is 0 Å². The first-order chi connectivity index (χ1) is 9.21. The Morgan fingerprint density at radius 2 is 1.95 bits per heavy atom. The fourth-order valence-electron chi connectivity index (χ4n) is 2.63. The number of hydrogen-bond donors (Lipinski definition) is 1. The standard InChI is InChI=1S/C14H24N2O4/c1-5-16(14(3,4)13(19)20)12(18)11-7-6-8-15(9-11)10(2)17/h11H,5-9H2,1-4H3,(H,19,20). The molecule has 6 nitrogen and oxygen atoms in total. The Balaban J connectivity index is 2.86. The summed E-state index contributed by atoms with van der Waals surface area (Å²) in [5.41, 5.74) is -1.23. The van der Waals surface area contributed by atoms with E-state index >= 15 is 0 Å². The third kappa shape index (κ3) is 3.29. The van der Waals surface area contributed by atoms with Crippen molar-refractivity contribution in [1.29, 1.82) is 0 Å². The van der Waals surface area contributed by atoms with Gasteiger partial charge in [-0.05, 0) is 33.6 Å². The van der Waals surface area contributed by atoms with Gasteiger partial charge in [0, 0.05) is 26.6 Å². The van der Waals surface area contributed by atoms with Crippen LogP contribution in [0.15, 0.2) is 0 Å². The molecule has 1 atom stereocenters. The summed E-state index contributed by atoms with van der Waals surface area (Å²) in [5, 5.41) is 9.27. The Labute approximate surface area is 119 Å². The molecule has 1 saturated heterocycles. The number of carboxylic acids is 1. The van der Waals surface area contributed by atoms with Gasteiger partial charge in [0.2, 0.25) is 11.8 Å². The van der Waals surface area contributed by atoms with E-state index in [0.29, 0.717) is 26.1 Å². The number of rotatable bonds is 4. The van der Waals surface area contributed by atoms with Gasteiger partial charge in [-0.3, -0.25) is 9.59 Å². The number of likely N-dealkylation sites (tertiary alicyclic amines) is 1. The minimum absolute atomic E-state index is 0.0388. The molecule has 1 rings (SSSR count). The molecule has 0 saturated carbocycles. The lowest BCUT2D eigenvalue weighted by molar-refractivity contribution is -0.159. The average molecular weight is 284 g/mol. The molecular formula is C14H24N2O4. The van der Waals surface area contributed by atoms with Crippen molar-refractivity contribution in [3.05, 3.63) is 0 Å². The molecule has 1 N–H and O–H groups in total. The Bertz CT molecular complexity index is 406. The molecule has 1 heterocycles. The number of carboxylic acid groups (broad SMARTS) is 1. The van der Waals surface area contributed by atoms with Crippen LogP contribution in [0.4, 0.5) is 0 Å². The fourth-order valence-corrected chi connectivity index (χ4v) is 2.63. The topological polar surface area (TPSA) is 77.9 Å². The summed E-state index contributed by atoms with van der Waals surface area (Å²) < 4.78 is 0. The van der Waals surface area contributed by atoms with Crippen molar-refractivity contribution in [2.75, 3.05) is 19.6 Å². The van der Waals surface area contributed by atoms with E-state index in [1.54, 1.807) is 11.8 Å². The summed E-state index contributed by atoms with van der Waals surface area (Å²) in [6.07, 6.45) is 1.48. The van der Waals surface area contributed by atoms with Crippen LogP contribution in [-0.4, -0.2) is 57.9 Å². The smallest absolute Gasteiger partial charge is 0.329 e. The van der Waals surface area contributed by atoms with Gasteiger partial charge in [0.1, 0.15) is 5.54 Å². The van der Waals surface area contributed by atoms with Crippen LogP contribution in [-0.2, 0) is 14.4 Å². The Hall–Kier alpha value is -1.59. The van der Waals surface area contributed by atoms with Gasteiger partial charge in [-0.1, -0.05) is 0 Å². The molecule has 1 aliphatic heterocycles. The summed E-state index contributed by atoms with van der Waals surface area (Å²) in [5.74, 6) is -1.54. The maximum atomic E-state index is 12.6. The SMILES string of the molecule is CCN(C(=O)C1CCCN(C(C)=O)C1)C(C)(C)C(=O)O. The first-order valence-corrected chi connectivity index (χ1v) is 7.02. The molecule has 0 bridgehead atoms. The fraction of sp³-hybridized carbons (Fsp3) is 0.786. The quantitative estimate of drug-likeness (QED) is 0.834. The highest BCUT2D eigenvalue weighted by Crippen LogP contribution is 2.23. The van der Waals surface area contributed by atoms with Gasteiger partial charge in [0.25, 0.3) is 0 Å². The van der Waals surface area contributed by atoms with Crippen molar-refractivity contribution in [2.45, 2.75) is 46.1 Å². The van der Waals surface area contributed by atoms with Crippen molar-refractivity contribution in [2.24, 2.45) is 5.92 Å². The lowest BCUT2D eigenvalue weighted by atomic mass is 9.93.